The van der Waals surface area contributed by atoms with E-state index in [1.165, 1.54) is 17.5 Å². The van der Waals surface area contributed by atoms with Gasteiger partial charge < -0.3 is 0 Å². The average Bonchev–Trinajstić information content (AvgIpc) is 2.84. The second-order valence-corrected chi connectivity index (χ2v) is 8.84. The fourth-order valence-electron chi connectivity index (χ4n) is 1.83. The fourth-order valence-corrected chi connectivity index (χ4v) is 4.41. The molecule has 0 saturated heterocycles. The largest absolute Gasteiger partial charge is 0.276 e. The van der Waals surface area contributed by atoms with E-state index in [1.807, 2.05) is 34.6 Å². The summed E-state index contributed by atoms with van der Waals surface area (Å²) in [6.07, 6.45) is 3.23. The zero-order valence-corrected chi connectivity index (χ0v) is 13.9. The summed E-state index contributed by atoms with van der Waals surface area (Å²) in [7, 11) is -3.55. The van der Waals surface area contributed by atoms with E-state index in [-0.39, 0.29) is 5.54 Å². The Morgan fingerprint density at radius 3 is 2.40 bits per heavy atom. The molecular weight excluding hydrogens is 294 g/mol. The van der Waals surface area contributed by atoms with Gasteiger partial charge in [-0.3, -0.25) is 9.40 Å². The fraction of sp³-hybridized carbons (Fsp3) is 0.462. The van der Waals surface area contributed by atoms with Gasteiger partial charge in [-0.25, -0.2) is 8.42 Å². The van der Waals surface area contributed by atoms with Crippen molar-refractivity contribution in [3.05, 3.63) is 28.2 Å². The number of nitrogens with one attached hydrogen (secondary N) is 1. The molecule has 0 saturated carbocycles. The molecule has 2 heterocycles. The van der Waals surface area contributed by atoms with E-state index in [1.54, 1.807) is 16.9 Å². The predicted octanol–water partition coefficient (Wildman–Crippen LogP) is 3.12. The molecule has 110 valence electrons. The second-order valence-electron chi connectivity index (χ2n) is 5.73. The lowest BCUT2D eigenvalue weighted by atomic mass is 10.1. The minimum atomic E-state index is -3.55. The number of aromatic nitrogens is 2. The summed E-state index contributed by atoms with van der Waals surface area (Å²) in [4.78, 5) is 2.11. The third kappa shape index (κ3) is 3.04. The van der Waals surface area contributed by atoms with Gasteiger partial charge in [0.25, 0.3) is 10.0 Å². The second kappa shape index (κ2) is 4.89. The summed E-state index contributed by atoms with van der Waals surface area (Å²) in [5, 5.41) is 4.19. The molecule has 0 bridgehead atoms. The van der Waals surface area contributed by atoms with Gasteiger partial charge in [0.15, 0.2) is 0 Å². The molecule has 2 aromatic rings. The normalized spacial score (nSPS) is 12.7. The highest BCUT2D eigenvalue weighted by molar-refractivity contribution is 7.93. The summed E-state index contributed by atoms with van der Waals surface area (Å²) >= 11 is 1.48. The number of nitrogens with zero attached hydrogens (tertiary/aromatic N) is 2. The molecule has 0 aliphatic rings. The minimum absolute atomic E-state index is 0.182. The van der Waals surface area contributed by atoms with Crippen molar-refractivity contribution < 1.29 is 8.42 Å². The summed E-state index contributed by atoms with van der Waals surface area (Å²) in [6, 6.07) is 1.69. The maximum Gasteiger partial charge on any atom is 0.263 e. The lowest BCUT2D eigenvalue weighted by molar-refractivity contribution is 0.355. The van der Waals surface area contributed by atoms with Crippen molar-refractivity contribution >= 4 is 27.0 Å². The summed E-state index contributed by atoms with van der Waals surface area (Å²) in [5.74, 6) is 0. The van der Waals surface area contributed by atoms with Gasteiger partial charge in [0.05, 0.1) is 17.4 Å². The van der Waals surface area contributed by atoms with Gasteiger partial charge in [0, 0.05) is 16.0 Å². The maximum absolute atomic E-state index is 12.4. The highest BCUT2D eigenvalue weighted by Crippen LogP contribution is 2.27. The molecular formula is C13H19N3O2S2. The standard InChI is InChI=1S/C13H19N3O2S2/c1-9-6-12(10(2)19-9)20(17,18)15-11-7-14-16(8-11)13(3,4)5/h6-8,15H,1-5H3. The Kier molecular flexibility index (Phi) is 3.68. The number of aryl methyl sites for hydroxylation is 2. The maximum atomic E-state index is 12.4. The first kappa shape index (κ1) is 15.1. The number of thiophene rings is 1. The van der Waals surface area contributed by atoms with Crippen molar-refractivity contribution in [2.75, 3.05) is 4.72 Å². The van der Waals surface area contributed by atoms with Gasteiger partial charge in [-0.15, -0.1) is 11.3 Å². The highest BCUT2D eigenvalue weighted by Gasteiger charge is 2.21. The molecule has 1 N–H and O–H groups in total. The Labute approximate surface area is 123 Å². The van der Waals surface area contributed by atoms with E-state index in [0.717, 1.165) is 9.75 Å². The predicted molar refractivity (Wildman–Crippen MR) is 81.8 cm³/mol. The number of hydrogen-bond acceptors (Lipinski definition) is 4. The topological polar surface area (TPSA) is 64.0 Å². The first-order valence-corrected chi connectivity index (χ1v) is 8.54. The Morgan fingerprint density at radius 1 is 1.30 bits per heavy atom. The van der Waals surface area contributed by atoms with Gasteiger partial charge in [0.2, 0.25) is 0 Å². The Morgan fingerprint density at radius 2 is 1.95 bits per heavy atom. The van der Waals surface area contributed by atoms with E-state index in [4.69, 9.17) is 0 Å². The highest BCUT2D eigenvalue weighted by atomic mass is 32.2. The average molecular weight is 313 g/mol. The molecule has 0 radical (unpaired) electrons. The Bertz CT molecular complexity index is 721. The SMILES string of the molecule is Cc1cc(S(=O)(=O)Nc2cnn(C(C)(C)C)c2)c(C)s1. The zero-order valence-electron chi connectivity index (χ0n) is 12.3. The van der Waals surface area contributed by atoms with Crippen LogP contribution in [0.2, 0.25) is 0 Å². The third-order valence-electron chi connectivity index (χ3n) is 2.81. The molecule has 0 aliphatic carbocycles. The third-order valence-corrected chi connectivity index (χ3v) is 5.41. The van der Waals surface area contributed by atoms with E-state index in [0.29, 0.717) is 10.6 Å². The molecule has 0 spiro atoms. The molecule has 0 atom stereocenters. The number of hydrogen-bond donors (Lipinski definition) is 1. The van der Waals surface area contributed by atoms with Crippen molar-refractivity contribution in [3.63, 3.8) is 0 Å². The molecule has 2 rings (SSSR count). The van der Waals surface area contributed by atoms with Crippen LogP contribution >= 0.6 is 11.3 Å². The van der Waals surface area contributed by atoms with Gasteiger partial charge in [-0.05, 0) is 40.7 Å². The monoisotopic (exact) mass is 313 g/mol. The minimum Gasteiger partial charge on any atom is -0.276 e. The van der Waals surface area contributed by atoms with Crippen LogP contribution in [-0.2, 0) is 15.6 Å². The van der Waals surface area contributed by atoms with Gasteiger partial charge in [-0.2, -0.15) is 5.10 Å². The molecule has 5 nitrogen and oxygen atoms in total. The lowest BCUT2D eigenvalue weighted by Crippen LogP contribution is -2.22. The molecule has 7 heteroatoms. The molecule has 0 fully saturated rings. The molecule has 2 aromatic heterocycles. The Hall–Kier alpha value is -1.34. The number of anilines is 1. The van der Waals surface area contributed by atoms with Crippen LogP contribution in [0.5, 0.6) is 0 Å². The van der Waals surface area contributed by atoms with E-state index in [2.05, 4.69) is 9.82 Å². The first-order valence-electron chi connectivity index (χ1n) is 6.24. The number of sulfonamides is 1. The number of rotatable bonds is 3. The molecule has 20 heavy (non-hydrogen) atoms. The van der Waals surface area contributed by atoms with Crippen molar-refractivity contribution in [1.82, 2.24) is 9.78 Å². The quantitative estimate of drug-likeness (QED) is 0.947. The Balaban J connectivity index is 2.29. The van der Waals surface area contributed by atoms with Crippen molar-refractivity contribution in [1.29, 1.82) is 0 Å². The van der Waals surface area contributed by atoms with Crippen molar-refractivity contribution in [2.24, 2.45) is 0 Å². The summed E-state index contributed by atoms with van der Waals surface area (Å²) in [6.45, 7) is 9.72. The summed E-state index contributed by atoms with van der Waals surface area (Å²) in [5.41, 5.74) is 0.293. The van der Waals surface area contributed by atoms with Crippen LogP contribution in [0.1, 0.15) is 30.5 Å². The zero-order chi connectivity index (χ0) is 15.1. The lowest BCUT2D eigenvalue weighted by Gasteiger charge is -2.18. The van der Waals surface area contributed by atoms with Gasteiger partial charge in [0.1, 0.15) is 4.90 Å². The van der Waals surface area contributed by atoms with Crippen LogP contribution in [-0.4, -0.2) is 18.2 Å². The smallest absolute Gasteiger partial charge is 0.263 e. The van der Waals surface area contributed by atoms with E-state index >= 15 is 0 Å². The van der Waals surface area contributed by atoms with E-state index < -0.39 is 10.0 Å². The van der Waals surface area contributed by atoms with Crippen LogP contribution in [0.25, 0.3) is 0 Å². The summed E-state index contributed by atoms with van der Waals surface area (Å²) < 4.78 is 29.0. The first-order chi connectivity index (χ1) is 9.09. The van der Waals surface area contributed by atoms with Crippen molar-refractivity contribution in [2.45, 2.75) is 45.1 Å². The van der Waals surface area contributed by atoms with Crippen molar-refractivity contribution in [3.8, 4) is 0 Å². The van der Waals surface area contributed by atoms with Crippen LogP contribution in [0.3, 0.4) is 0 Å². The molecule has 0 aromatic carbocycles. The van der Waals surface area contributed by atoms with E-state index in [9.17, 15) is 8.42 Å². The van der Waals surface area contributed by atoms with Gasteiger partial charge in [-0.1, -0.05) is 0 Å². The molecule has 0 amide bonds. The van der Waals surface area contributed by atoms with Crippen LogP contribution in [0, 0.1) is 13.8 Å². The van der Waals surface area contributed by atoms with Gasteiger partial charge >= 0.3 is 0 Å². The molecule has 0 aliphatic heterocycles. The molecule has 0 unspecified atom stereocenters. The van der Waals surface area contributed by atoms with Crippen LogP contribution in [0.15, 0.2) is 23.4 Å². The van der Waals surface area contributed by atoms with Crippen LogP contribution < -0.4 is 4.72 Å². The van der Waals surface area contributed by atoms with Crippen LogP contribution in [0.4, 0.5) is 5.69 Å².